The summed E-state index contributed by atoms with van der Waals surface area (Å²) in [5.41, 5.74) is 1.65. The van der Waals surface area contributed by atoms with E-state index >= 15 is 0 Å². The molecule has 0 saturated carbocycles. The van der Waals surface area contributed by atoms with Gasteiger partial charge in [0, 0.05) is 30.5 Å². The van der Waals surface area contributed by atoms with Crippen molar-refractivity contribution in [3.05, 3.63) is 17.5 Å². The van der Waals surface area contributed by atoms with E-state index < -0.39 is 6.10 Å². The van der Waals surface area contributed by atoms with Crippen molar-refractivity contribution in [1.29, 1.82) is 0 Å². The van der Waals surface area contributed by atoms with Crippen molar-refractivity contribution >= 4 is 5.95 Å². The molecule has 1 aromatic heterocycles. The minimum Gasteiger partial charge on any atom is -0.389 e. The molecule has 0 aromatic carbocycles. The molecular weight excluding hydrogens is 190 g/mol. The number of nitrogens with zero attached hydrogens (tertiary/aromatic N) is 3. The molecule has 0 amide bonds. The Kier molecular flexibility index (Phi) is 4.03. The standard InChI is InChI=1S/C11H19N3O/c1-5-14(6-2)11-12-7-10(9(4)15)8(3)13-11/h7,9,15H,5-6H2,1-4H3/t9-/m1/s1. The molecule has 0 bridgehead atoms. The zero-order valence-corrected chi connectivity index (χ0v) is 9.86. The van der Waals surface area contributed by atoms with Gasteiger partial charge >= 0.3 is 0 Å². The van der Waals surface area contributed by atoms with Gasteiger partial charge in [0.1, 0.15) is 0 Å². The Morgan fingerprint density at radius 1 is 1.40 bits per heavy atom. The van der Waals surface area contributed by atoms with Crippen LogP contribution in [0.2, 0.25) is 0 Å². The molecule has 84 valence electrons. The summed E-state index contributed by atoms with van der Waals surface area (Å²) in [6, 6.07) is 0. The molecule has 1 aromatic rings. The van der Waals surface area contributed by atoms with Gasteiger partial charge in [-0.15, -0.1) is 0 Å². The smallest absolute Gasteiger partial charge is 0.225 e. The Labute approximate surface area is 91.0 Å². The van der Waals surface area contributed by atoms with E-state index in [0.717, 1.165) is 30.3 Å². The minimum atomic E-state index is -0.504. The Bertz CT molecular complexity index is 322. The lowest BCUT2D eigenvalue weighted by molar-refractivity contribution is 0.197. The molecule has 0 spiro atoms. The van der Waals surface area contributed by atoms with E-state index in [0.29, 0.717) is 0 Å². The average molecular weight is 209 g/mol. The van der Waals surface area contributed by atoms with E-state index in [-0.39, 0.29) is 0 Å². The van der Waals surface area contributed by atoms with Gasteiger partial charge in [-0.2, -0.15) is 0 Å². The third-order valence-corrected chi connectivity index (χ3v) is 2.50. The van der Waals surface area contributed by atoms with Gasteiger partial charge in [-0.05, 0) is 27.7 Å². The molecule has 0 radical (unpaired) electrons. The number of rotatable bonds is 4. The SMILES string of the molecule is CCN(CC)c1ncc([C@@H](C)O)c(C)n1. The largest absolute Gasteiger partial charge is 0.389 e. The fraction of sp³-hybridized carbons (Fsp3) is 0.636. The van der Waals surface area contributed by atoms with Crippen LogP contribution in [-0.2, 0) is 0 Å². The van der Waals surface area contributed by atoms with E-state index in [9.17, 15) is 5.11 Å². The van der Waals surface area contributed by atoms with Gasteiger partial charge in [-0.3, -0.25) is 0 Å². The molecule has 15 heavy (non-hydrogen) atoms. The molecular formula is C11H19N3O. The van der Waals surface area contributed by atoms with Crippen molar-refractivity contribution in [2.45, 2.75) is 33.8 Å². The highest BCUT2D eigenvalue weighted by atomic mass is 16.3. The molecule has 0 aliphatic carbocycles. The predicted molar refractivity (Wildman–Crippen MR) is 61.0 cm³/mol. The first-order valence-corrected chi connectivity index (χ1v) is 5.36. The van der Waals surface area contributed by atoms with Crippen LogP contribution in [0.1, 0.15) is 38.1 Å². The minimum absolute atomic E-state index is 0.504. The molecule has 0 aliphatic rings. The quantitative estimate of drug-likeness (QED) is 0.819. The van der Waals surface area contributed by atoms with Gasteiger partial charge in [0.05, 0.1) is 6.10 Å². The zero-order chi connectivity index (χ0) is 11.4. The lowest BCUT2D eigenvalue weighted by Crippen LogP contribution is -2.24. The van der Waals surface area contributed by atoms with Crippen LogP contribution in [0.4, 0.5) is 5.95 Å². The second-order valence-corrected chi connectivity index (χ2v) is 3.56. The fourth-order valence-corrected chi connectivity index (χ4v) is 1.53. The molecule has 0 saturated heterocycles. The van der Waals surface area contributed by atoms with Crippen molar-refractivity contribution in [3.8, 4) is 0 Å². The highest BCUT2D eigenvalue weighted by Crippen LogP contribution is 2.16. The number of aryl methyl sites for hydroxylation is 1. The molecule has 0 aliphatic heterocycles. The third-order valence-electron chi connectivity index (χ3n) is 2.50. The topological polar surface area (TPSA) is 49.2 Å². The summed E-state index contributed by atoms with van der Waals surface area (Å²) in [7, 11) is 0. The highest BCUT2D eigenvalue weighted by molar-refractivity contribution is 5.33. The molecule has 1 atom stereocenters. The van der Waals surface area contributed by atoms with Gasteiger partial charge in [0.2, 0.25) is 5.95 Å². The number of aromatic nitrogens is 2. The summed E-state index contributed by atoms with van der Waals surface area (Å²) in [6.07, 6.45) is 1.21. The van der Waals surface area contributed by atoms with Crippen LogP contribution in [0.5, 0.6) is 0 Å². The van der Waals surface area contributed by atoms with Crippen LogP contribution in [-0.4, -0.2) is 28.2 Å². The highest BCUT2D eigenvalue weighted by Gasteiger charge is 2.10. The summed E-state index contributed by atoms with van der Waals surface area (Å²) >= 11 is 0. The molecule has 4 heteroatoms. The van der Waals surface area contributed by atoms with Crippen LogP contribution >= 0.6 is 0 Å². The van der Waals surface area contributed by atoms with E-state index in [1.807, 2.05) is 6.92 Å². The Balaban J connectivity index is 3.00. The number of aliphatic hydroxyl groups is 1. The summed E-state index contributed by atoms with van der Waals surface area (Å²) in [6.45, 7) is 9.56. The first-order chi connectivity index (χ1) is 7.10. The Morgan fingerprint density at radius 3 is 2.40 bits per heavy atom. The van der Waals surface area contributed by atoms with E-state index in [1.54, 1.807) is 13.1 Å². The van der Waals surface area contributed by atoms with Gasteiger partial charge in [0.25, 0.3) is 0 Å². The molecule has 0 unspecified atom stereocenters. The van der Waals surface area contributed by atoms with E-state index in [1.165, 1.54) is 0 Å². The lowest BCUT2D eigenvalue weighted by Gasteiger charge is -2.19. The average Bonchev–Trinajstić information content (AvgIpc) is 2.19. The van der Waals surface area contributed by atoms with Gasteiger partial charge in [0.15, 0.2) is 0 Å². The third kappa shape index (κ3) is 2.65. The van der Waals surface area contributed by atoms with Crippen LogP contribution in [0.15, 0.2) is 6.20 Å². The Hall–Kier alpha value is -1.16. The van der Waals surface area contributed by atoms with Crippen molar-refractivity contribution in [2.24, 2.45) is 0 Å². The van der Waals surface area contributed by atoms with Gasteiger partial charge in [-0.25, -0.2) is 9.97 Å². The number of aliphatic hydroxyl groups excluding tert-OH is 1. The number of hydrogen-bond acceptors (Lipinski definition) is 4. The van der Waals surface area contributed by atoms with Crippen molar-refractivity contribution in [3.63, 3.8) is 0 Å². The van der Waals surface area contributed by atoms with Crippen LogP contribution in [0.25, 0.3) is 0 Å². The molecule has 1 N–H and O–H groups in total. The summed E-state index contributed by atoms with van der Waals surface area (Å²) in [5, 5.41) is 9.45. The zero-order valence-electron chi connectivity index (χ0n) is 9.86. The van der Waals surface area contributed by atoms with Crippen molar-refractivity contribution in [1.82, 2.24) is 9.97 Å². The summed E-state index contributed by atoms with van der Waals surface area (Å²) in [5.74, 6) is 0.738. The first-order valence-electron chi connectivity index (χ1n) is 5.36. The van der Waals surface area contributed by atoms with Crippen LogP contribution in [0.3, 0.4) is 0 Å². The summed E-state index contributed by atoms with van der Waals surface area (Å²) in [4.78, 5) is 10.7. The second kappa shape index (κ2) is 5.07. The van der Waals surface area contributed by atoms with Gasteiger partial charge in [-0.1, -0.05) is 0 Å². The maximum atomic E-state index is 9.45. The second-order valence-electron chi connectivity index (χ2n) is 3.56. The van der Waals surface area contributed by atoms with Crippen molar-refractivity contribution in [2.75, 3.05) is 18.0 Å². The molecule has 0 fully saturated rings. The number of anilines is 1. The molecule has 1 heterocycles. The maximum Gasteiger partial charge on any atom is 0.225 e. The fourth-order valence-electron chi connectivity index (χ4n) is 1.53. The van der Waals surface area contributed by atoms with E-state index in [2.05, 4.69) is 28.7 Å². The maximum absolute atomic E-state index is 9.45. The lowest BCUT2D eigenvalue weighted by atomic mass is 10.1. The van der Waals surface area contributed by atoms with E-state index in [4.69, 9.17) is 0 Å². The molecule has 4 nitrogen and oxygen atoms in total. The first kappa shape index (κ1) is 11.9. The van der Waals surface area contributed by atoms with Crippen molar-refractivity contribution < 1.29 is 5.11 Å². The molecule has 1 rings (SSSR count). The normalized spacial score (nSPS) is 12.6. The Morgan fingerprint density at radius 2 is 2.00 bits per heavy atom. The van der Waals surface area contributed by atoms with Crippen LogP contribution < -0.4 is 4.90 Å². The van der Waals surface area contributed by atoms with Crippen LogP contribution in [0, 0.1) is 6.92 Å². The predicted octanol–water partition coefficient (Wildman–Crippen LogP) is 1.68. The van der Waals surface area contributed by atoms with Gasteiger partial charge < -0.3 is 10.0 Å². The monoisotopic (exact) mass is 209 g/mol. The number of hydrogen-bond donors (Lipinski definition) is 1. The summed E-state index contributed by atoms with van der Waals surface area (Å²) < 4.78 is 0.